The molecule has 1 N–H and O–H groups in total. The topological polar surface area (TPSA) is 69.7 Å². The first-order valence-electron chi connectivity index (χ1n) is 10.8. The number of carbonyl (C=O) groups is 3. The highest BCUT2D eigenvalue weighted by molar-refractivity contribution is 6.36. The zero-order valence-electron chi connectivity index (χ0n) is 18.4. The van der Waals surface area contributed by atoms with Crippen molar-refractivity contribution >= 4 is 34.7 Å². The van der Waals surface area contributed by atoms with Crippen LogP contribution in [0, 0.1) is 0 Å². The van der Waals surface area contributed by atoms with Gasteiger partial charge in [0.15, 0.2) is 0 Å². The number of benzene rings is 2. The number of rotatable bonds is 9. The molecule has 3 rings (SSSR count). The second-order valence-electron chi connectivity index (χ2n) is 7.53. The molecule has 3 amide bonds. The van der Waals surface area contributed by atoms with Crippen molar-refractivity contribution in [2.24, 2.45) is 0 Å². The highest BCUT2D eigenvalue weighted by Gasteiger charge is 2.41. The second-order valence-corrected chi connectivity index (χ2v) is 7.53. The SMILES string of the molecule is CCCCCN1C(=O)C(c2ccc(NC(C)=O)cc2)=C(N(CC)c2ccccc2)C1=O. The van der Waals surface area contributed by atoms with Gasteiger partial charge in [-0.15, -0.1) is 0 Å². The number of hydrogen-bond acceptors (Lipinski definition) is 4. The van der Waals surface area contributed by atoms with Gasteiger partial charge in [-0.2, -0.15) is 0 Å². The van der Waals surface area contributed by atoms with E-state index in [0.717, 1.165) is 24.9 Å². The maximum atomic E-state index is 13.4. The Labute approximate surface area is 183 Å². The monoisotopic (exact) mass is 419 g/mol. The van der Waals surface area contributed by atoms with E-state index in [1.165, 1.54) is 11.8 Å². The summed E-state index contributed by atoms with van der Waals surface area (Å²) in [5.41, 5.74) is 2.98. The van der Waals surface area contributed by atoms with Crippen LogP contribution in [0.1, 0.15) is 45.6 Å². The fourth-order valence-corrected chi connectivity index (χ4v) is 3.80. The highest BCUT2D eigenvalue weighted by Crippen LogP contribution is 2.34. The van der Waals surface area contributed by atoms with Gasteiger partial charge in [-0.1, -0.05) is 50.1 Å². The average molecular weight is 420 g/mol. The molecule has 162 valence electrons. The predicted molar refractivity (Wildman–Crippen MR) is 123 cm³/mol. The van der Waals surface area contributed by atoms with Gasteiger partial charge in [0.2, 0.25) is 5.91 Å². The zero-order valence-corrected chi connectivity index (χ0v) is 18.4. The average Bonchev–Trinajstić information content (AvgIpc) is 3.00. The normalized spacial score (nSPS) is 13.7. The van der Waals surface area contributed by atoms with E-state index in [0.29, 0.717) is 35.6 Å². The number of likely N-dealkylation sites (N-methyl/N-ethyl adjacent to an activating group) is 1. The number of carbonyl (C=O) groups excluding carboxylic acids is 3. The van der Waals surface area contributed by atoms with Gasteiger partial charge >= 0.3 is 0 Å². The molecular formula is C25H29N3O3. The third kappa shape index (κ3) is 4.85. The van der Waals surface area contributed by atoms with Crippen molar-refractivity contribution in [3.63, 3.8) is 0 Å². The maximum Gasteiger partial charge on any atom is 0.278 e. The first kappa shape index (κ1) is 22.3. The zero-order chi connectivity index (χ0) is 22.4. The Morgan fingerprint density at radius 3 is 2.19 bits per heavy atom. The summed E-state index contributed by atoms with van der Waals surface area (Å²) in [7, 11) is 0. The van der Waals surface area contributed by atoms with E-state index in [9.17, 15) is 14.4 Å². The van der Waals surface area contributed by atoms with Gasteiger partial charge in [0, 0.05) is 31.4 Å². The van der Waals surface area contributed by atoms with Crippen LogP contribution in [0.2, 0.25) is 0 Å². The van der Waals surface area contributed by atoms with E-state index in [-0.39, 0.29) is 17.7 Å². The molecule has 0 radical (unpaired) electrons. The molecule has 0 unspecified atom stereocenters. The Morgan fingerprint density at radius 1 is 0.935 bits per heavy atom. The third-order valence-corrected chi connectivity index (χ3v) is 5.28. The van der Waals surface area contributed by atoms with Crippen molar-refractivity contribution < 1.29 is 14.4 Å². The predicted octanol–water partition coefficient (Wildman–Crippen LogP) is 4.44. The summed E-state index contributed by atoms with van der Waals surface area (Å²) in [6.07, 6.45) is 2.76. The van der Waals surface area contributed by atoms with E-state index in [2.05, 4.69) is 12.2 Å². The minimum Gasteiger partial charge on any atom is -0.337 e. The number of para-hydroxylation sites is 1. The van der Waals surface area contributed by atoms with Crippen molar-refractivity contribution in [2.75, 3.05) is 23.3 Å². The second kappa shape index (κ2) is 10.1. The number of amides is 3. The highest BCUT2D eigenvalue weighted by atomic mass is 16.2. The molecule has 1 aliphatic rings. The molecule has 31 heavy (non-hydrogen) atoms. The first-order valence-corrected chi connectivity index (χ1v) is 10.8. The standard InChI is InChI=1S/C25H29N3O3/c1-4-6-10-17-28-24(30)22(19-13-15-20(16-14-19)26-18(3)29)23(25(28)31)27(5-2)21-11-8-7-9-12-21/h7-9,11-16H,4-6,10,17H2,1-3H3,(H,26,29). The van der Waals surface area contributed by atoms with Gasteiger partial charge in [0.25, 0.3) is 11.8 Å². The van der Waals surface area contributed by atoms with Crippen molar-refractivity contribution in [1.82, 2.24) is 4.90 Å². The third-order valence-electron chi connectivity index (χ3n) is 5.28. The molecule has 0 saturated carbocycles. The molecule has 0 fully saturated rings. The van der Waals surface area contributed by atoms with E-state index >= 15 is 0 Å². The molecule has 1 aliphatic heterocycles. The van der Waals surface area contributed by atoms with Crippen molar-refractivity contribution in [3.8, 4) is 0 Å². The molecule has 0 aliphatic carbocycles. The molecular weight excluding hydrogens is 390 g/mol. The van der Waals surface area contributed by atoms with Crippen LogP contribution in [-0.2, 0) is 14.4 Å². The Balaban J connectivity index is 2.06. The summed E-state index contributed by atoms with van der Waals surface area (Å²) in [4.78, 5) is 41.4. The summed E-state index contributed by atoms with van der Waals surface area (Å²) in [5.74, 6) is -0.686. The lowest BCUT2D eigenvalue weighted by molar-refractivity contribution is -0.137. The van der Waals surface area contributed by atoms with Crippen LogP contribution in [-0.4, -0.2) is 35.7 Å². The molecule has 0 spiro atoms. The fourth-order valence-electron chi connectivity index (χ4n) is 3.80. The molecule has 2 aromatic rings. The molecule has 0 saturated heterocycles. The van der Waals surface area contributed by atoms with Crippen molar-refractivity contribution in [2.45, 2.75) is 40.0 Å². The number of nitrogens with one attached hydrogen (secondary N) is 1. The lowest BCUT2D eigenvalue weighted by Gasteiger charge is -2.25. The lowest BCUT2D eigenvalue weighted by Crippen LogP contribution is -2.36. The number of anilines is 2. The first-order chi connectivity index (χ1) is 15.0. The Bertz CT molecular complexity index is 981. The summed E-state index contributed by atoms with van der Waals surface area (Å²) in [6.45, 7) is 6.47. The van der Waals surface area contributed by atoms with Crippen molar-refractivity contribution in [3.05, 3.63) is 65.9 Å². The van der Waals surface area contributed by atoms with Crippen LogP contribution >= 0.6 is 0 Å². The van der Waals surface area contributed by atoms with Gasteiger partial charge in [0.05, 0.1) is 5.57 Å². The summed E-state index contributed by atoms with van der Waals surface area (Å²) >= 11 is 0. The van der Waals surface area contributed by atoms with Crippen LogP contribution in [0.25, 0.3) is 5.57 Å². The largest absolute Gasteiger partial charge is 0.337 e. The number of nitrogens with zero attached hydrogens (tertiary/aromatic N) is 2. The Kier molecular flexibility index (Phi) is 7.23. The smallest absolute Gasteiger partial charge is 0.278 e. The van der Waals surface area contributed by atoms with E-state index < -0.39 is 0 Å². The molecule has 6 heteroatoms. The summed E-state index contributed by atoms with van der Waals surface area (Å²) < 4.78 is 0. The van der Waals surface area contributed by atoms with Gasteiger partial charge in [0.1, 0.15) is 5.70 Å². The van der Waals surface area contributed by atoms with E-state index in [1.807, 2.05) is 42.2 Å². The molecule has 6 nitrogen and oxygen atoms in total. The number of imide groups is 1. The van der Waals surface area contributed by atoms with Crippen LogP contribution in [0.15, 0.2) is 60.3 Å². The van der Waals surface area contributed by atoms with Gasteiger partial charge in [-0.25, -0.2) is 0 Å². The minimum atomic E-state index is -0.266. The van der Waals surface area contributed by atoms with Gasteiger partial charge in [-0.3, -0.25) is 19.3 Å². The quantitative estimate of drug-likeness (QED) is 0.482. The summed E-state index contributed by atoms with van der Waals surface area (Å²) in [6, 6.07) is 16.7. The summed E-state index contributed by atoms with van der Waals surface area (Å²) in [5, 5.41) is 2.73. The molecule has 1 heterocycles. The lowest BCUT2D eigenvalue weighted by atomic mass is 10.0. The minimum absolute atomic E-state index is 0.164. The maximum absolute atomic E-state index is 13.4. The fraction of sp³-hybridized carbons (Fsp3) is 0.320. The van der Waals surface area contributed by atoms with Crippen LogP contribution in [0.4, 0.5) is 11.4 Å². The molecule has 0 aromatic heterocycles. The van der Waals surface area contributed by atoms with Gasteiger partial charge in [-0.05, 0) is 43.2 Å². The number of unbranched alkanes of at least 4 members (excludes halogenated alkanes) is 2. The number of hydrogen-bond donors (Lipinski definition) is 1. The Hall–Kier alpha value is -3.41. The van der Waals surface area contributed by atoms with Crippen LogP contribution in [0.5, 0.6) is 0 Å². The van der Waals surface area contributed by atoms with E-state index in [1.54, 1.807) is 24.3 Å². The van der Waals surface area contributed by atoms with Crippen molar-refractivity contribution in [1.29, 1.82) is 0 Å². The molecule has 0 atom stereocenters. The van der Waals surface area contributed by atoms with Crippen LogP contribution in [0.3, 0.4) is 0 Å². The van der Waals surface area contributed by atoms with Crippen LogP contribution < -0.4 is 10.2 Å². The van der Waals surface area contributed by atoms with E-state index in [4.69, 9.17) is 0 Å². The Morgan fingerprint density at radius 2 is 1.61 bits per heavy atom. The molecule has 0 bridgehead atoms. The van der Waals surface area contributed by atoms with Gasteiger partial charge < -0.3 is 10.2 Å². The molecule has 2 aromatic carbocycles.